The van der Waals surface area contributed by atoms with Crippen LogP contribution in [0.4, 0.5) is 0 Å². The van der Waals surface area contributed by atoms with Crippen LogP contribution < -0.4 is 16.0 Å². The lowest BCUT2D eigenvalue weighted by atomic mass is 9.87. The number of rotatable bonds is 5. The monoisotopic (exact) mass is 274 g/mol. The lowest BCUT2D eigenvalue weighted by molar-refractivity contribution is 0.299. The van der Waals surface area contributed by atoms with Gasteiger partial charge in [0.2, 0.25) is 0 Å². The van der Waals surface area contributed by atoms with Gasteiger partial charge in [-0.25, -0.2) is 0 Å². The highest BCUT2D eigenvalue weighted by Crippen LogP contribution is 2.35. The normalized spacial score (nSPS) is 22.2. The average Bonchev–Trinajstić information content (AvgIpc) is 3.28. The van der Waals surface area contributed by atoms with Crippen molar-refractivity contribution in [2.45, 2.75) is 63.5 Å². The number of nitrogens with two attached hydrogens (primary N) is 1. The molecule has 110 valence electrons. The van der Waals surface area contributed by atoms with Gasteiger partial charge in [0.05, 0.1) is 6.10 Å². The Bertz CT molecular complexity index is 423. The number of hydrazine groups is 1. The topological polar surface area (TPSA) is 47.3 Å². The van der Waals surface area contributed by atoms with E-state index in [1.165, 1.54) is 56.9 Å². The highest BCUT2D eigenvalue weighted by atomic mass is 16.5. The maximum absolute atomic E-state index is 5.90. The summed E-state index contributed by atoms with van der Waals surface area (Å²) in [5, 5.41) is 0. The molecule has 3 nitrogen and oxygen atoms in total. The van der Waals surface area contributed by atoms with Gasteiger partial charge in [-0.1, -0.05) is 37.8 Å². The molecule has 20 heavy (non-hydrogen) atoms. The predicted octanol–water partition coefficient (Wildman–Crippen LogP) is 3.70. The summed E-state index contributed by atoms with van der Waals surface area (Å²) in [6.07, 6.45) is 10.8. The lowest BCUT2D eigenvalue weighted by Crippen LogP contribution is -2.33. The zero-order valence-electron chi connectivity index (χ0n) is 12.2. The summed E-state index contributed by atoms with van der Waals surface area (Å²) in [6.45, 7) is 0. The SMILES string of the molecule is NNC(c1cccc(OC2CC2)c1)C1CCCCCC1. The molecule has 0 saturated heterocycles. The molecule has 2 saturated carbocycles. The van der Waals surface area contributed by atoms with Crippen molar-refractivity contribution in [3.63, 3.8) is 0 Å². The Labute approximate surface area is 121 Å². The fraction of sp³-hybridized carbons (Fsp3) is 0.647. The van der Waals surface area contributed by atoms with Crippen LogP contribution in [-0.4, -0.2) is 6.10 Å². The van der Waals surface area contributed by atoms with E-state index in [-0.39, 0.29) is 6.04 Å². The Morgan fingerprint density at radius 3 is 2.45 bits per heavy atom. The van der Waals surface area contributed by atoms with Gasteiger partial charge >= 0.3 is 0 Å². The second-order valence-electron chi connectivity index (χ2n) is 6.29. The molecule has 3 N–H and O–H groups in total. The fourth-order valence-electron chi connectivity index (χ4n) is 3.31. The molecule has 1 unspecified atom stereocenters. The van der Waals surface area contributed by atoms with E-state index in [9.17, 15) is 0 Å². The van der Waals surface area contributed by atoms with Crippen LogP contribution in [0.2, 0.25) is 0 Å². The lowest BCUT2D eigenvalue weighted by Gasteiger charge is -2.26. The van der Waals surface area contributed by atoms with Crippen molar-refractivity contribution in [3.05, 3.63) is 29.8 Å². The van der Waals surface area contributed by atoms with E-state index in [2.05, 4.69) is 29.7 Å². The van der Waals surface area contributed by atoms with Crippen molar-refractivity contribution < 1.29 is 4.74 Å². The van der Waals surface area contributed by atoms with Crippen molar-refractivity contribution in [2.75, 3.05) is 0 Å². The molecule has 1 atom stereocenters. The van der Waals surface area contributed by atoms with E-state index >= 15 is 0 Å². The molecule has 1 aromatic carbocycles. The summed E-state index contributed by atoms with van der Waals surface area (Å²) in [6, 6.07) is 8.76. The number of ether oxygens (including phenoxy) is 1. The maximum atomic E-state index is 5.90. The van der Waals surface area contributed by atoms with E-state index in [0.717, 1.165) is 5.75 Å². The highest BCUT2D eigenvalue weighted by Gasteiger charge is 2.26. The second kappa shape index (κ2) is 6.59. The zero-order valence-corrected chi connectivity index (χ0v) is 12.2. The van der Waals surface area contributed by atoms with Crippen LogP contribution in [0.25, 0.3) is 0 Å². The smallest absolute Gasteiger partial charge is 0.120 e. The highest BCUT2D eigenvalue weighted by molar-refractivity contribution is 5.31. The van der Waals surface area contributed by atoms with Gasteiger partial charge in [-0.05, 0) is 49.3 Å². The first-order valence-corrected chi connectivity index (χ1v) is 8.09. The third kappa shape index (κ3) is 3.53. The van der Waals surface area contributed by atoms with Crippen molar-refractivity contribution in [2.24, 2.45) is 11.8 Å². The van der Waals surface area contributed by atoms with E-state index in [4.69, 9.17) is 10.6 Å². The first-order chi connectivity index (χ1) is 9.86. The Morgan fingerprint density at radius 1 is 1.05 bits per heavy atom. The van der Waals surface area contributed by atoms with E-state index in [1.54, 1.807) is 0 Å². The molecular formula is C17H26N2O. The molecule has 0 radical (unpaired) electrons. The van der Waals surface area contributed by atoms with Crippen LogP contribution in [0.5, 0.6) is 5.75 Å². The quantitative estimate of drug-likeness (QED) is 0.489. The molecule has 0 spiro atoms. The molecule has 2 aliphatic rings. The van der Waals surface area contributed by atoms with Crippen LogP contribution >= 0.6 is 0 Å². The van der Waals surface area contributed by atoms with Gasteiger partial charge in [-0.3, -0.25) is 11.3 Å². The van der Waals surface area contributed by atoms with Crippen LogP contribution in [0.1, 0.15) is 63.0 Å². The molecule has 0 bridgehead atoms. The van der Waals surface area contributed by atoms with Gasteiger partial charge in [-0.2, -0.15) is 0 Å². The maximum Gasteiger partial charge on any atom is 0.120 e. The van der Waals surface area contributed by atoms with Crippen molar-refractivity contribution in [1.29, 1.82) is 0 Å². The number of benzene rings is 1. The second-order valence-corrected chi connectivity index (χ2v) is 6.29. The van der Waals surface area contributed by atoms with Gasteiger partial charge in [0.1, 0.15) is 5.75 Å². The minimum Gasteiger partial charge on any atom is -0.490 e. The van der Waals surface area contributed by atoms with Crippen LogP contribution in [-0.2, 0) is 0 Å². The summed E-state index contributed by atoms with van der Waals surface area (Å²) in [5.41, 5.74) is 4.33. The number of nitrogens with one attached hydrogen (secondary N) is 1. The molecule has 2 aliphatic carbocycles. The molecule has 0 heterocycles. The molecule has 0 aromatic heterocycles. The summed E-state index contributed by atoms with van der Waals surface area (Å²) in [7, 11) is 0. The van der Waals surface area contributed by atoms with E-state index in [1.807, 2.05) is 0 Å². The Morgan fingerprint density at radius 2 is 1.80 bits per heavy atom. The first kappa shape index (κ1) is 13.9. The standard InChI is InChI=1S/C17H26N2O/c18-19-17(13-6-3-1-2-4-7-13)14-8-5-9-16(12-14)20-15-10-11-15/h5,8-9,12-13,15,17,19H,1-4,6-7,10-11,18H2. The molecule has 0 amide bonds. The van der Waals surface area contributed by atoms with Gasteiger partial charge in [0, 0.05) is 6.04 Å². The average molecular weight is 274 g/mol. The fourth-order valence-corrected chi connectivity index (χ4v) is 3.31. The largest absolute Gasteiger partial charge is 0.490 e. The molecule has 3 rings (SSSR count). The molecule has 1 aromatic rings. The summed E-state index contributed by atoms with van der Waals surface area (Å²) >= 11 is 0. The molecule has 2 fully saturated rings. The van der Waals surface area contributed by atoms with Crippen molar-refractivity contribution in [1.82, 2.24) is 5.43 Å². The summed E-state index contributed by atoms with van der Waals surface area (Å²) in [5.74, 6) is 7.51. The Balaban J connectivity index is 1.73. The molecule has 0 aliphatic heterocycles. The van der Waals surface area contributed by atoms with Crippen molar-refractivity contribution in [3.8, 4) is 5.75 Å². The predicted molar refractivity (Wildman–Crippen MR) is 81.3 cm³/mol. The van der Waals surface area contributed by atoms with Gasteiger partial charge in [0.25, 0.3) is 0 Å². The Hall–Kier alpha value is -1.06. The minimum absolute atomic E-state index is 0.260. The third-order valence-corrected chi connectivity index (χ3v) is 4.60. The number of hydrogen-bond acceptors (Lipinski definition) is 3. The minimum atomic E-state index is 0.260. The van der Waals surface area contributed by atoms with E-state index < -0.39 is 0 Å². The van der Waals surface area contributed by atoms with Gasteiger partial charge in [-0.15, -0.1) is 0 Å². The summed E-state index contributed by atoms with van der Waals surface area (Å²) in [4.78, 5) is 0. The van der Waals surface area contributed by atoms with Crippen LogP contribution in [0, 0.1) is 5.92 Å². The van der Waals surface area contributed by atoms with Crippen molar-refractivity contribution >= 4 is 0 Å². The van der Waals surface area contributed by atoms with Crippen LogP contribution in [0.15, 0.2) is 24.3 Å². The van der Waals surface area contributed by atoms with Gasteiger partial charge < -0.3 is 4.74 Å². The van der Waals surface area contributed by atoms with Crippen LogP contribution in [0.3, 0.4) is 0 Å². The first-order valence-electron chi connectivity index (χ1n) is 8.09. The Kier molecular flexibility index (Phi) is 4.58. The molecule has 3 heteroatoms. The molecular weight excluding hydrogens is 248 g/mol. The summed E-state index contributed by atoms with van der Waals surface area (Å²) < 4.78 is 5.90. The third-order valence-electron chi connectivity index (χ3n) is 4.60. The zero-order chi connectivity index (χ0) is 13.8. The van der Waals surface area contributed by atoms with E-state index in [0.29, 0.717) is 12.0 Å². The van der Waals surface area contributed by atoms with Gasteiger partial charge in [0.15, 0.2) is 0 Å². The number of hydrogen-bond donors (Lipinski definition) is 2.